The van der Waals surface area contributed by atoms with Crippen molar-refractivity contribution < 1.29 is 9.15 Å². The lowest BCUT2D eigenvalue weighted by atomic mass is 9.94. The fraction of sp³-hybridized carbons (Fsp3) is 0.765. The predicted octanol–water partition coefficient (Wildman–Crippen LogP) is 2.65. The van der Waals surface area contributed by atoms with Crippen LogP contribution in [0.4, 0.5) is 0 Å². The van der Waals surface area contributed by atoms with E-state index in [-0.39, 0.29) is 0 Å². The molecule has 0 aromatic carbocycles. The zero-order valence-electron chi connectivity index (χ0n) is 13.1. The van der Waals surface area contributed by atoms with Crippen LogP contribution in [-0.2, 0) is 11.3 Å². The maximum atomic E-state index is 5.74. The molecule has 1 saturated heterocycles. The van der Waals surface area contributed by atoms with Crippen molar-refractivity contribution in [2.45, 2.75) is 51.2 Å². The van der Waals surface area contributed by atoms with Crippen LogP contribution in [0.15, 0.2) is 22.8 Å². The Morgan fingerprint density at radius 2 is 2.24 bits per heavy atom. The van der Waals surface area contributed by atoms with E-state index in [0.29, 0.717) is 12.0 Å². The molecule has 0 spiro atoms. The van der Waals surface area contributed by atoms with Gasteiger partial charge in [-0.2, -0.15) is 0 Å². The minimum absolute atomic E-state index is 0.598. The molecule has 1 aromatic rings. The van der Waals surface area contributed by atoms with Crippen LogP contribution < -0.4 is 5.32 Å². The highest BCUT2D eigenvalue weighted by molar-refractivity contribution is 5.00. The van der Waals surface area contributed by atoms with Crippen molar-refractivity contribution in [3.63, 3.8) is 0 Å². The summed E-state index contributed by atoms with van der Waals surface area (Å²) >= 11 is 0. The number of hydrogen-bond donors (Lipinski definition) is 1. The topological polar surface area (TPSA) is 37.6 Å². The maximum Gasteiger partial charge on any atom is 0.117 e. The van der Waals surface area contributed by atoms with Crippen LogP contribution in [0.3, 0.4) is 0 Å². The number of nitrogens with zero attached hydrogens (tertiary/aromatic N) is 1. The second-order valence-electron chi connectivity index (χ2n) is 6.42. The van der Waals surface area contributed by atoms with Crippen LogP contribution in [0, 0.1) is 5.92 Å². The molecule has 0 amide bonds. The number of hydrogen-bond acceptors (Lipinski definition) is 4. The summed E-state index contributed by atoms with van der Waals surface area (Å²) in [6, 6.07) is 5.43. The van der Waals surface area contributed by atoms with Crippen molar-refractivity contribution in [3.8, 4) is 0 Å². The van der Waals surface area contributed by atoms with Crippen molar-refractivity contribution in [2.24, 2.45) is 5.92 Å². The Hall–Kier alpha value is -0.840. The minimum Gasteiger partial charge on any atom is -0.468 e. The molecule has 1 N–H and O–H groups in total. The molecule has 4 heteroatoms. The van der Waals surface area contributed by atoms with Crippen molar-refractivity contribution in [3.05, 3.63) is 24.2 Å². The number of furan rings is 1. The van der Waals surface area contributed by atoms with E-state index in [4.69, 9.17) is 9.15 Å². The monoisotopic (exact) mass is 292 g/mol. The zero-order valence-corrected chi connectivity index (χ0v) is 13.1. The van der Waals surface area contributed by atoms with Gasteiger partial charge >= 0.3 is 0 Å². The summed E-state index contributed by atoms with van der Waals surface area (Å²) in [7, 11) is 0. The molecular weight excluding hydrogens is 264 g/mol. The summed E-state index contributed by atoms with van der Waals surface area (Å²) in [6.07, 6.45) is 6.78. The highest BCUT2D eigenvalue weighted by Crippen LogP contribution is 2.30. The van der Waals surface area contributed by atoms with E-state index < -0.39 is 0 Å². The average Bonchev–Trinajstić information content (AvgIpc) is 3.23. The summed E-state index contributed by atoms with van der Waals surface area (Å²) in [5.74, 6) is 1.68. The first-order valence-electron chi connectivity index (χ1n) is 8.44. The van der Waals surface area contributed by atoms with Crippen molar-refractivity contribution in [1.29, 1.82) is 0 Å². The summed E-state index contributed by atoms with van der Waals surface area (Å²) in [6.45, 7) is 7.20. The number of ether oxygens (including phenoxy) is 1. The van der Waals surface area contributed by atoms with Crippen molar-refractivity contribution in [2.75, 3.05) is 26.3 Å². The maximum absolute atomic E-state index is 5.74. The minimum atomic E-state index is 0.598. The average molecular weight is 292 g/mol. The van der Waals surface area contributed by atoms with Gasteiger partial charge < -0.3 is 14.5 Å². The van der Waals surface area contributed by atoms with Gasteiger partial charge in [0.2, 0.25) is 0 Å². The van der Waals surface area contributed by atoms with E-state index in [0.717, 1.165) is 51.1 Å². The second kappa shape index (κ2) is 7.43. The highest BCUT2D eigenvalue weighted by atomic mass is 16.5. The zero-order chi connectivity index (χ0) is 14.5. The predicted molar refractivity (Wildman–Crippen MR) is 83.1 cm³/mol. The normalized spacial score (nSPS) is 26.4. The molecule has 0 bridgehead atoms. The van der Waals surface area contributed by atoms with E-state index in [1.807, 2.05) is 6.07 Å². The Kier molecular flexibility index (Phi) is 5.33. The standard InChI is InChI=1S/C17H28N2O2/c1-2-8-18-17-7-10-20-13-14(17)11-19(15-5-6-15)12-16-4-3-9-21-16/h3-4,9,14-15,17-18H,2,5-8,10-13H2,1H3. The second-order valence-corrected chi connectivity index (χ2v) is 6.42. The summed E-state index contributed by atoms with van der Waals surface area (Å²) in [5, 5.41) is 3.71. The Balaban J connectivity index is 1.57. The molecule has 1 aliphatic carbocycles. The largest absolute Gasteiger partial charge is 0.468 e. The molecule has 21 heavy (non-hydrogen) atoms. The van der Waals surface area contributed by atoms with Crippen LogP contribution in [0.1, 0.15) is 38.4 Å². The van der Waals surface area contributed by atoms with Gasteiger partial charge in [-0.3, -0.25) is 4.90 Å². The third-order valence-corrected chi connectivity index (χ3v) is 4.60. The molecule has 1 aliphatic heterocycles. The molecule has 1 saturated carbocycles. The third kappa shape index (κ3) is 4.31. The third-order valence-electron chi connectivity index (χ3n) is 4.60. The molecule has 2 atom stereocenters. The van der Waals surface area contributed by atoms with Crippen LogP contribution >= 0.6 is 0 Å². The Morgan fingerprint density at radius 3 is 2.95 bits per heavy atom. The fourth-order valence-electron chi connectivity index (χ4n) is 3.26. The van der Waals surface area contributed by atoms with E-state index in [1.54, 1.807) is 6.26 Å². The van der Waals surface area contributed by atoms with E-state index in [1.165, 1.54) is 19.3 Å². The number of nitrogens with one attached hydrogen (secondary N) is 1. The molecular formula is C17H28N2O2. The summed E-state index contributed by atoms with van der Waals surface area (Å²) in [5.41, 5.74) is 0. The molecule has 4 nitrogen and oxygen atoms in total. The Labute approximate surface area is 127 Å². The van der Waals surface area contributed by atoms with Gasteiger partial charge in [0.25, 0.3) is 0 Å². The van der Waals surface area contributed by atoms with Crippen LogP contribution in [0.5, 0.6) is 0 Å². The van der Waals surface area contributed by atoms with Gasteiger partial charge in [0.05, 0.1) is 19.4 Å². The molecule has 0 radical (unpaired) electrons. The molecule has 2 heterocycles. The van der Waals surface area contributed by atoms with Gasteiger partial charge in [-0.25, -0.2) is 0 Å². The molecule has 118 valence electrons. The van der Waals surface area contributed by atoms with Gasteiger partial charge in [0.15, 0.2) is 0 Å². The highest BCUT2D eigenvalue weighted by Gasteiger charge is 2.34. The first-order chi connectivity index (χ1) is 10.4. The molecule has 2 fully saturated rings. The van der Waals surface area contributed by atoms with E-state index in [9.17, 15) is 0 Å². The van der Waals surface area contributed by atoms with Gasteiger partial charge in [-0.1, -0.05) is 6.92 Å². The fourth-order valence-corrected chi connectivity index (χ4v) is 3.26. The number of rotatable bonds is 8. The lowest BCUT2D eigenvalue weighted by Gasteiger charge is -2.36. The van der Waals surface area contributed by atoms with Crippen LogP contribution in [0.2, 0.25) is 0 Å². The van der Waals surface area contributed by atoms with Crippen LogP contribution in [0.25, 0.3) is 0 Å². The van der Waals surface area contributed by atoms with Crippen molar-refractivity contribution in [1.82, 2.24) is 10.2 Å². The van der Waals surface area contributed by atoms with Gasteiger partial charge in [0, 0.05) is 31.2 Å². The lowest BCUT2D eigenvalue weighted by Crippen LogP contribution is -2.48. The van der Waals surface area contributed by atoms with Crippen molar-refractivity contribution >= 4 is 0 Å². The van der Waals surface area contributed by atoms with E-state index >= 15 is 0 Å². The van der Waals surface area contributed by atoms with E-state index in [2.05, 4.69) is 23.2 Å². The Morgan fingerprint density at radius 1 is 1.33 bits per heavy atom. The lowest BCUT2D eigenvalue weighted by molar-refractivity contribution is 0.0132. The van der Waals surface area contributed by atoms with Crippen LogP contribution in [-0.4, -0.2) is 43.3 Å². The quantitative estimate of drug-likeness (QED) is 0.799. The molecule has 2 unspecified atom stereocenters. The molecule has 2 aliphatic rings. The van der Waals surface area contributed by atoms with Gasteiger partial charge in [-0.15, -0.1) is 0 Å². The smallest absolute Gasteiger partial charge is 0.117 e. The first kappa shape index (κ1) is 15.1. The molecule has 3 rings (SSSR count). The van der Waals surface area contributed by atoms with Gasteiger partial charge in [0.1, 0.15) is 5.76 Å². The molecule has 1 aromatic heterocycles. The Bertz CT molecular complexity index is 403. The SMILES string of the molecule is CCCNC1CCOCC1CN(Cc1ccco1)C1CC1. The van der Waals surface area contributed by atoms with Gasteiger partial charge in [-0.05, 0) is 44.4 Å². The first-order valence-corrected chi connectivity index (χ1v) is 8.44. The summed E-state index contributed by atoms with van der Waals surface area (Å²) < 4.78 is 11.3. The summed E-state index contributed by atoms with van der Waals surface area (Å²) in [4.78, 5) is 2.60.